The van der Waals surface area contributed by atoms with Gasteiger partial charge in [-0.25, -0.2) is 4.98 Å². The predicted octanol–water partition coefficient (Wildman–Crippen LogP) is 4.97. The van der Waals surface area contributed by atoms with Crippen LogP contribution in [0.25, 0.3) is 0 Å². The SMILES string of the molecule is Cc1cc(C)cc(Oc2ncnc(Nc3ccc(Br)cc3)c2N)c1. The third-order valence-electron chi connectivity index (χ3n) is 3.36. The molecule has 0 aliphatic carbocycles. The molecule has 3 rings (SSSR count). The molecule has 0 fully saturated rings. The van der Waals surface area contributed by atoms with Gasteiger partial charge in [-0.05, 0) is 61.4 Å². The topological polar surface area (TPSA) is 73.1 Å². The Morgan fingerprint density at radius 3 is 2.33 bits per heavy atom. The highest BCUT2D eigenvalue weighted by Crippen LogP contribution is 2.31. The Balaban J connectivity index is 1.86. The normalized spacial score (nSPS) is 10.5. The van der Waals surface area contributed by atoms with Crippen LogP contribution in [0.1, 0.15) is 11.1 Å². The van der Waals surface area contributed by atoms with Gasteiger partial charge in [0.1, 0.15) is 17.8 Å². The Labute approximate surface area is 149 Å². The molecule has 0 radical (unpaired) electrons. The van der Waals surface area contributed by atoms with Crippen molar-refractivity contribution in [2.75, 3.05) is 11.1 Å². The number of nitrogens with one attached hydrogen (secondary N) is 1. The number of anilines is 3. The van der Waals surface area contributed by atoms with Crippen LogP contribution in [0, 0.1) is 13.8 Å². The van der Waals surface area contributed by atoms with E-state index in [1.165, 1.54) is 6.33 Å². The number of hydrogen-bond donors (Lipinski definition) is 2. The molecule has 0 atom stereocenters. The van der Waals surface area contributed by atoms with Crippen LogP contribution in [0.5, 0.6) is 11.6 Å². The van der Waals surface area contributed by atoms with Gasteiger partial charge in [0.15, 0.2) is 5.82 Å². The second-order valence-corrected chi connectivity index (χ2v) is 6.41. The van der Waals surface area contributed by atoms with Crippen LogP contribution in [0.15, 0.2) is 53.3 Å². The van der Waals surface area contributed by atoms with Crippen molar-refractivity contribution in [2.45, 2.75) is 13.8 Å². The van der Waals surface area contributed by atoms with Crippen molar-refractivity contribution in [1.29, 1.82) is 0 Å². The summed E-state index contributed by atoms with van der Waals surface area (Å²) in [5.74, 6) is 1.54. The number of nitrogen functional groups attached to an aromatic ring is 1. The van der Waals surface area contributed by atoms with Gasteiger partial charge in [0.05, 0.1) is 0 Å². The maximum absolute atomic E-state index is 6.16. The maximum Gasteiger partial charge on any atom is 0.248 e. The Hall–Kier alpha value is -2.60. The largest absolute Gasteiger partial charge is 0.437 e. The average molecular weight is 385 g/mol. The molecule has 1 aromatic heterocycles. The van der Waals surface area contributed by atoms with Gasteiger partial charge in [-0.3, -0.25) is 0 Å². The van der Waals surface area contributed by atoms with E-state index < -0.39 is 0 Å². The number of nitrogens with two attached hydrogens (primary N) is 1. The monoisotopic (exact) mass is 384 g/mol. The zero-order valence-corrected chi connectivity index (χ0v) is 15.0. The molecule has 6 heteroatoms. The zero-order valence-electron chi connectivity index (χ0n) is 13.4. The Morgan fingerprint density at radius 1 is 1.00 bits per heavy atom. The molecule has 122 valence electrons. The van der Waals surface area contributed by atoms with E-state index >= 15 is 0 Å². The van der Waals surface area contributed by atoms with Crippen molar-refractivity contribution >= 4 is 33.1 Å². The fourth-order valence-corrected chi connectivity index (χ4v) is 2.60. The first-order valence-corrected chi connectivity index (χ1v) is 8.20. The van der Waals surface area contributed by atoms with E-state index in [2.05, 4.69) is 37.3 Å². The molecule has 5 nitrogen and oxygen atoms in total. The van der Waals surface area contributed by atoms with E-state index in [1.54, 1.807) is 0 Å². The number of ether oxygens (including phenoxy) is 1. The van der Waals surface area contributed by atoms with Gasteiger partial charge in [0.2, 0.25) is 5.88 Å². The van der Waals surface area contributed by atoms with Crippen LogP contribution in [0.4, 0.5) is 17.2 Å². The third kappa shape index (κ3) is 3.83. The number of rotatable bonds is 4. The van der Waals surface area contributed by atoms with E-state index in [0.717, 1.165) is 21.3 Å². The fraction of sp³-hybridized carbons (Fsp3) is 0.111. The van der Waals surface area contributed by atoms with E-state index in [4.69, 9.17) is 10.5 Å². The molecule has 0 aliphatic rings. The maximum atomic E-state index is 6.16. The van der Waals surface area contributed by atoms with Crippen molar-refractivity contribution in [2.24, 2.45) is 0 Å². The van der Waals surface area contributed by atoms with E-state index in [1.807, 2.05) is 50.2 Å². The van der Waals surface area contributed by atoms with Crippen LogP contribution >= 0.6 is 15.9 Å². The lowest BCUT2D eigenvalue weighted by Gasteiger charge is -2.12. The molecule has 24 heavy (non-hydrogen) atoms. The van der Waals surface area contributed by atoms with Crippen LogP contribution in [0.2, 0.25) is 0 Å². The van der Waals surface area contributed by atoms with Gasteiger partial charge in [-0.15, -0.1) is 0 Å². The van der Waals surface area contributed by atoms with Crippen molar-refractivity contribution < 1.29 is 4.74 Å². The highest BCUT2D eigenvalue weighted by atomic mass is 79.9. The van der Waals surface area contributed by atoms with Crippen LogP contribution in [0.3, 0.4) is 0 Å². The molecule has 0 spiro atoms. The minimum atomic E-state index is 0.328. The first-order chi connectivity index (χ1) is 11.5. The van der Waals surface area contributed by atoms with Crippen LogP contribution in [-0.2, 0) is 0 Å². The summed E-state index contributed by atoms with van der Waals surface area (Å²) in [7, 11) is 0. The summed E-state index contributed by atoms with van der Waals surface area (Å²) in [6.45, 7) is 4.04. The molecule has 2 aromatic carbocycles. The number of hydrogen-bond acceptors (Lipinski definition) is 5. The van der Waals surface area contributed by atoms with Crippen molar-refractivity contribution in [1.82, 2.24) is 9.97 Å². The lowest BCUT2D eigenvalue weighted by molar-refractivity contribution is 0.464. The Bertz CT molecular complexity index is 845. The third-order valence-corrected chi connectivity index (χ3v) is 3.89. The Morgan fingerprint density at radius 2 is 1.67 bits per heavy atom. The lowest BCUT2D eigenvalue weighted by atomic mass is 10.1. The molecule has 0 saturated heterocycles. The molecule has 0 amide bonds. The molecule has 0 bridgehead atoms. The summed E-state index contributed by atoms with van der Waals surface area (Å²) < 4.78 is 6.85. The summed E-state index contributed by atoms with van der Waals surface area (Å²) in [5, 5.41) is 3.17. The Kier molecular flexibility index (Phi) is 4.66. The summed E-state index contributed by atoms with van der Waals surface area (Å²) >= 11 is 3.41. The highest BCUT2D eigenvalue weighted by Gasteiger charge is 2.11. The first-order valence-electron chi connectivity index (χ1n) is 7.40. The van der Waals surface area contributed by atoms with E-state index in [9.17, 15) is 0 Å². The van der Waals surface area contributed by atoms with Gasteiger partial charge in [-0.2, -0.15) is 4.98 Å². The summed E-state index contributed by atoms with van der Waals surface area (Å²) in [5.41, 5.74) is 9.63. The number of aromatic nitrogens is 2. The number of benzene rings is 2. The van der Waals surface area contributed by atoms with Gasteiger partial charge in [0, 0.05) is 10.2 Å². The quantitative estimate of drug-likeness (QED) is 0.663. The summed E-state index contributed by atoms with van der Waals surface area (Å²) in [6.07, 6.45) is 1.43. The molecule has 0 aliphatic heterocycles. The smallest absolute Gasteiger partial charge is 0.248 e. The predicted molar refractivity (Wildman–Crippen MR) is 99.9 cm³/mol. The number of nitrogens with zero attached hydrogens (tertiary/aromatic N) is 2. The molecular formula is C18H17BrN4O. The van der Waals surface area contributed by atoms with Crippen molar-refractivity contribution in [3.8, 4) is 11.6 Å². The minimum absolute atomic E-state index is 0.328. The molecule has 0 saturated carbocycles. The number of halogens is 1. The van der Waals surface area contributed by atoms with E-state index in [0.29, 0.717) is 23.1 Å². The summed E-state index contributed by atoms with van der Waals surface area (Å²) in [4.78, 5) is 8.34. The van der Waals surface area contributed by atoms with Gasteiger partial charge < -0.3 is 15.8 Å². The second-order valence-electron chi connectivity index (χ2n) is 5.50. The van der Waals surface area contributed by atoms with Crippen LogP contribution < -0.4 is 15.8 Å². The fourth-order valence-electron chi connectivity index (χ4n) is 2.33. The van der Waals surface area contributed by atoms with Crippen molar-refractivity contribution in [3.05, 3.63) is 64.4 Å². The molecule has 0 unspecified atom stereocenters. The van der Waals surface area contributed by atoms with Gasteiger partial charge >= 0.3 is 0 Å². The molecule has 3 N–H and O–H groups in total. The van der Waals surface area contributed by atoms with Gasteiger partial charge in [-0.1, -0.05) is 22.0 Å². The van der Waals surface area contributed by atoms with Crippen molar-refractivity contribution in [3.63, 3.8) is 0 Å². The van der Waals surface area contributed by atoms with Crippen LogP contribution in [-0.4, -0.2) is 9.97 Å². The number of aryl methyl sites for hydroxylation is 2. The average Bonchev–Trinajstić information content (AvgIpc) is 2.52. The molecule has 1 heterocycles. The molecular weight excluding hydrogens is 368 g/mol. The molecule has 3 aromatic rings. The standard InChI is InChI=1S/C18H17BrN4O/c1-11-7-12(2)9-15(8-11)24-18-16(20)17(21-10-22-18)23-14-5-3-13(19)4-6-14/h3-10H,20H2,1-2H3,(H,21,22,23). The highest BCUT2D eigenvalue weighted by molar-refractivity contribution is 9.10. The second kappa shape index (κ2) is 6.88. The lowest BCUT2D eigenvalue weighted by Crippen LogP contribution is -2.03. The minimum Gasteiger partial charge on any atom is -0.437 e. The summed E-state index contributed by atoms with van der Waals surface area (Å²) in [6, 6.07) is 13.7. The van der Waals surface area contributed by atoms with E-state index in [-0.39, 0.29) is 0 Å². The zero-order chi connectivity index (χ0) is 17.1. The van der Waals surface area contributed by atoms with Gasteiger partial charge in [0.25, 0.3) is 0 Å². The first kappa shape index (κ1) is 16.3.